The van der Waals surface area contributed by atoms with Crippen LogP contribution in [-0.4, -0.2) is 48.0 Å². The fourth-order valence-corrected chi connectivity index (χ4v) is 1.71. The number of amides is 1. The largest absolute Gasteiger partial charge is 0.480 e. The lowest BCUT2D eigenvalue weighted by atomic mass is 10.2. The lowest BCUT2D eigenvalue weighted by Gasteiger charge is -2.20. The average molecular weight is 353 g/mol. The van der Waals surface area contributed by atoms with Crippen molar-refractivity contribution in [2.24, 2.45) is 0 Å². The van der Waals surface area contributed by atoms with Gasteiger partial charge >= 0.3 is 18.0 Å². The molecule has 8 heteroatoms. The molecule has 1 amide bonds. The number of aliphatic carboxylic acids is 1. The number of benzene rings is 1. The van der Waals surface area contributed by atoms with Crippen LogP contribution >= 0.6 is 0 Å². The number of carbonyl (C=O) groups excluding carboxylic acids is 2. The van der Waals surface area contributed by atoms with Gasteiger partial charge in [-0.05, 0) is 26.3 Å². The molecule has 0 aliphatic rings. The Hall–Kier alpha value is -2.61. The molecule has 1 unspecified atom stereocenters. The molecule has 0 aliphatic heterocycles. The minimum Gasteiger partial charge on any atom is -0.480 e. The summed E-state index contributed by atoms with van der Waals surface area (Å²) in [5.41, 5.74) is 0.109. The van der Waals surface area contributed by atoms with Gasteiger partial charge in [0.15, 0.2) is 6.04 Å². The van der Waals surface area contributed by atoms with Gasteiger partial charge in [0, 0.05) is 0 Å². The summed E-state index contributed by atoms with van der Waals surface area (Å²) in [6, 6.07) is 7.61. The highest BCUT2D eigenvalue weighted by Gasteiger charge is 2.22. The Morgan fingerprint density at radius 2 is 1.80 bits per heavy atom. The van der Waals surface area contributed by atoms with Crippen LogP contribution in [0.2, 0.25) is 0 Å². The van der Waals surface area contributed by atoms with Gasteiger partial charge in [-0.15, -0.1) is 0 Å². The Morgan fingerprint density at radius 3 is 2.36 bits per heavy atom. The van der Waals surface area contributed by atoms with E-state index in [0.29, 0.717) is 0 Å². The molecule has 0 spiro atoms. The molecular weight excluding hydrogens is 330 g/mol. The van der Waals surface area contributed by atoms with Crippen LogP contribution in [0, 0.1) is 0 Å². The molecule has 0 radical (unpaired) electrons. The number of alkyl carbamates (subject to hydrolysis) is 1. The fraction of sp³-hybridized carbons (Fsp3) is 0.471. The topological polar surface area (TPSA) is 111 Å². The molecule has 1 rings (SSSR count). The molecular formula is C17H23NO7. The Morgan fingerprint density at radius 1 is 1.16 bits per heavy atom. The van der Waals surface area contributed by atoms with Gasteiger partial charge in [0.25, 0.3) is 0 Å². The zero-order valence-electron chi connectivity index (χ0n) is 14.5. The van der Waals surface area contributed by atoms with Gasteiger partial charge in [0.1, 0.15) is 18.8 Å². The summed E-state index contributed by atoms with van der Waals surface area (Å²) in [4.78, 5) is 34.3. The number of rotatable bonds is 8. The molecule has 0 saturated heterocycles. The molecule has 0 saturated carbocycles. The van der Waals surface area contributed by atoms with E-state index >= 15 is 0 Å². The maximum Gasteiger partial charge on any atom is 0.408 e. The number of ether oxygens (including phenoxy) is 3. The summed E-state index contributed by atoms with van der Waals surface area (Å²) < 4.78 is 15.0. The Bertz CT molecular complexity index is 580. The molecule has 2 N–H and O–H groups in total. The molecule has 1 aromatic rings. The van der Waals surface area contributed by atoms with Crippen molar-refractivity contribution in [2.75, 3.05) is 13.2 Å². The predicted octanol–water partition coefficient (Wildman–Crippen LogP) is 1.72. The SMILES string of the molecule is CC(C)(C)OC(=O)COCC(NC(=O)OCc1ccccc1)C(=O)O. The quantitative estimate of drug-likeness (QED) is 0.685. The number of carboxylic acids is 1. The number of carboxylic acid groups (broad SMARTS) is 1. The number of esters is 1. The highest BCUT2D eigenvalue weighted by molar-refractivity contribution is 5.80. The van der Waals surface area contributed by atoms with E-state index in [0.717, 1.165) is 5.56 Å². The first-order valence-electron chi connectivity index (χ1n) is 7.67. The summed E-state index contributed by atoms with van der Waals surface area (Å²) in [6.07, 6.45) is -0.892. The lowest BCUT2D eigenvalue weighted by molar-refractivity contribution is -0.161. The first kappa shape index (κ1) is 20.4. The minimum absolute atomic E-state index is 0.0117. The van der Waals surface area contributed by atoms with Gasteiger partial charge in [-0.1, -0.05) is 30.3 Å². The van der Waals surface area contributed by atoms with E-state index in [-0.39, 0.29) is 6.61 Å². The molecule has 0 aliphatic carbocycles. The van der Waals surface area contributed by atoms with Crippen molar-refractivity contribution < 1.29 is 33.7 Å². The van der Waals surface area contributed by atoms with Crippen molar-refractivity contribution in [3.05, 3.63) is 35.9 Å². The van der Waals surface area contributed by atoms with Crippen molar-refractivity contribution in [3.63, 3.8) is 0 Å². The third-order valence-electron chi connectivity index (χ3n) is 2.73. The van der Waals surface area contributed by atoms with Crippen LogP contribution in [0.25, 0.3) is 0 Å². The first-order chi connectivity index (χ1) is 11.7. The summed E-state index contributed by atoms with van der Waals surface area (Å²) in [5, 5.41) is 11.3. The van der Waals surface area contributed by atoms with E-state index in [1.807, 2.05) is 6.07 Å². The van der Waals surface area contributed by atoms with E-state index in [1.54, 1.807) is 45.0 Å². The maximum absolute atomic E-state index is 11.7. The fourth-order valence-electron chi connectivity index (χ4n) is 1.71. The summed E-state index contributed by atoms with van der Waals surface area (Å²) in [5.74, 6) is -1.93. The lowest BCUT2D eigenvalue weighted by Crippen LogP contribution is -2.44. The second-order valence-corrected chi connectivity index (χ2v) is 6.20. The molecule has 0 aromatic heterocycles. The van der Waals surface area contributed by atoms with Crippen LogP contribution in [0.4, 0.5) is 4.79 Å². The van der Waals surface area contributed by atoms with Gasteiger partial charge in [-0.3, -0.25) is 0 Å². The molecule has 0 heterocycles. The third-order valence-corrected chi connectivity index (χ3v) is 2.73. The number of hydrogen-bond acceptors (Lipinski definition) is 6. The van der Waals surface area contributed by atoms with E-state index in [9.17, 15) is 14.4 Å². The van der Waals surface area contributed by atoms with Gasteiger partial charge in [-0.2, -0.15) is 0 Å². The van der Waals surface area contributed by atoms with Crippen molar-refractivity contribution >= 4 is 18.0 Å². The van der Waals surface area contributed by atoms with Crippen LogP contribution in [0.15, 0.2) is 30.3 Å². The minimum atomic E-state index is -1.34. The molecule has 25 heavy (non-hydrogen) atoms. The Labute approximate surface area is 146 Å². The predicted molar refractivity (Wildman–Crippen MR) is 87.9 cm³/mol. The summed E-state index contributed by atoms with van der Waals surface area (Å²) >= 11 is 0. The van der Waals surface area contributed by atoms with E-state index in [1.165, 1.54) is 0 Å². The number of nitrogens with one attached hydrogen (secondary N) is 1. The first-order valence-corrected chi connectivity index (χ1v) is 7.67. The highest BCUT2D eigenvalue weighted by atomic mass is 16.6. The normalized spacial score (nSPS) is 12.1. The molecule has 1 aromatic carbocycles. The van der Waals surface area contributed by atoms with Crippen molar-refractivity contribution in [1.82, 2.24) is 5.32 Å². The van der Waals surface area contributed by atoms with Crippen LogP contribution in [0.1, 0.15) is 26.3 Å². The second-order valence-electron chi connectivity index (χ2n) is 6.20. The van der Waals surface area contributed by atoms with Gasteiger partial charge < -0.3 is 24.6 Å². The molecule has 8 nitrogen and oxygen atoms in total. The Kier molecular flexibility index (Phi) is 7.87. The summed E-state index contributed by atoms with van der Waals surface area (Å²) in [6.45, 7) is 4.31. The van der Waals surface area contributed by atoms with Crippen LogP contribution in [0.5, 0.6) is 0 Å². The van der Waals surface area contributed by atoms with Crippen molar-refractivity contribution in [2.45, 2.75) is 39.0 Å². The molecule has 0 bridgehead atoms. The molecule has 1 atom stereocenters. The number of hydrogen-bond donors (Lipinski definition) is 2. The van der Waals surface area contributed by atoms with Crippen molar-refractivity contribution in [1.29, 1.82) is 0 Å². The van der Waals surface area contributed by atoms with Crippen molar-refractivity contribution in [3.8, 4) is 0 Å². The van der Waals surface area contributed by atoms with E-state index in [4.69, 9.17) is 19.3 Å². The molecule has 0 fully saturated rings. The average Bonchev–Trinajstić information content (AvgIpc) is 2.51. The van der Waals surface area contributed by atoms with Crippen LogP contribution in [0.3, 0.4) is 0 Å². The third kappa shape index (κ3) is 9.31. The molecule has 138 valence electrons. The smallest absolute Gasteiger partial charge is 0.408 e. The standard InChI is InChI=1S/C17H23NO7/c1-17(2,3)25-14(19)11-23-10-13(15(20)21)18-16(22)24-9-12-7-5-4-6-8-12/h4-8,13H,9-11H2,1-3H3,(H,18,22)(H,20,21). The Balaban J connectivity index is 2.37. The highest BCUT2D eigenvalue weighted by Crippen LogP contribution is 2.07. The van der Waals surface area contributed by atoms with E-state index < -0.39 is 42.9 Å². The zero-order chi connectivity index (χ0) is 18.9. The monoisotopic (exact) mass is 353 g/mol. The van der Waals surface area contributed by atoms with Crippen LogP contribution in [-0.2, 0) is 30.4 Å². The number of carbonyl (C=O) groups is 3. The maximum atomic E-state index is 11.7. The second kappa shape index (κ2) is 9.63. The van der Waals surface area contributed by atoms with Gasteiger partial charge in [0.2, 0.25) is 0 Å². The van der Waals surface area contributed by atoms with Gasteiger partial charge in [0.05, 0.1) is 6.61 Å². The summed E-state index contributed by atoms with van der Waals surface area (Å²) in [7, 11) is 0. The van der Waals surface area contributed by atoms with Crippen LogP contribution < -0.4 is 5.32 Å². The van der Waals surface area contributed by atoms with Gasteiger partial charge in [-0.25, -0.2) is 14.4 Å². The van der Waals surface area contributed by atoms with E-state index in [2.05, 4.69) is 5.32 Å². The zero-order valence-corrected chi connectivity index (χ0v) is 14.5.